The van der Waals surface area contributed by atoms with Crippen LogP contribution in [0.2, 0.25) is 0 Å². The Bertz CT molecular complexity index is 1270. The second kappa shape index (κ2) is 4.91. The molecule has 0 aliphatic carbocycles. The summed E-state index contributed by atoms with van der Waals surface area (Å²) in [5.74, 6) is 1.06. The molecule has 130 valence electrons. The summed E-state index contributed by atoms with van der Waals surface area (Å²) >= 11 is 0. The summed E-state index contributed by atoms with van der Waals surface area (Å²) in [6.45, 7) is 0.0771. The Morgan fingerprint density at radius 1 is 0.846 bits per heavy atom. The minimum Gasteiger partial charge on any atom is -0.456 e. The highest BCUT2D eigenvalue weighted by Gasteiger charge is 2.31. The molecule has 0 amide bonds. The topological polar surface area (TPSA) is 48.7 Å². The Morgan fingerprint density at radius 3 is 2.46 bits per heavy atom. The molecule has 0 radical (unpaired) electrons. The summed E-state index contributed by atoms with van der Waals surface area (Å²) in [5.41, 5.74) is -1.01. The third kappa shape index (κ3) is 2.06. The van der Waals surface area contributed by atoms with E-state index in [1.807, 2.05) is 0 Å². The summed E-state index contributed by atoms with van der Waals surface area (Å²) < 4.78 is 55.3. The molecule has 4 nitrogen and oxygen atoms in total. The van der Waals surface area contributed by atoms with Crippen LogP contribution in [0.1, 0.15) is 5.56 Å². The lowest BCUT2D eigenvalue weighted by molar-refractivity contribution is -0.137. The van der Waals surface area contributed by atoms with E-state index in [0.717, 1.165) is 17.5 Å². The molecule has 1 aliphatic heterocycles. The quantitative estimate of drug-likeness (QED) is 0.422. The first-order valence-electron chi connectivity index (χ1n) is 7.72. The smallest absolute Gasteiger partial charge is 0.416 e. The Kier molecular flexibility index (Phi) is 2.84. The number of alkyl halides is 3. The maximum Gasteiger partial charge on any atom is 0.416 e. The van der Waals surface area contributed by atoms with Gasteiger partial charge in [0.1, 0.15) is 11.2 Å². The number of benzene rings is 3. The van der Waals surface area contributed by atoms with Crippen molar-refractivity contribution in [2.75, 3.05) is 6.79 Å². The van der Waals surface area contributed by atoms with Crippen molar-refractivity contribution < 1.29 is 27.1 Å². The van der Waals surface area contributed by atoms with Gasteiger partial charge in [0.25, 0.3) is 0 Å². The highest BCUT2D eigenvalue weighted by atomic mass is 19.4. The number of hydrogen-bond donors (Lipinski definition) is 0. The van der Waals surface area contributed by atoms with E-state index < -0.39 is 17.2 Å². The van der Waals surface area contributed by atoms with Crippen LogP contribution in [0.3, 0.4) is 0 Å². The third-order valence-corrected chi connectivity index (χ3v) is 4.47. The van der Waals surface area contributed by atoms with Gasteiger partial charge in [0.2, 0.25) is 12.2 Å². The highest BCUT2D eigenvalue weighted by Crippen LogP contribution is 2.40. The SMILES string of the molecule is O=c1c2cc(C(F)(F)F)ccc2oc2cc3ccc4c(c3cc12)OCO4. The van der Waals surface area contributed by atoms with Crippen LogP contribution >= 0.6 is 0 Å². The molecule has 0 spiro atoms. The first-order valence-corrected chi connectivity index (χ1v) is 7.72. The van der Waals surface area contributed by atoms with Crippen LogP contribution in [0, 0.1) is 0 Å². The van der Waals surface area contributed by atoms with E-state index in [4.69, 9.17) is 13.9 Å². The monoisotopic (exact) mass is 358 g/mol. The normalized spacial score (nSPS) is 13.8. The van der Waals surface area contributed by atoms with Gasteiger partial charge in [-0.15, -0.1) is 0 Å². The lowest BCUT2D eigenvalue weighted by Crippen LogP contribution is -2.08. The van der Waals surface area contributed by atoms with Crippen LogP contribution < -0.4 is 14.9 Å². The summed E-state index contributed by atoms with van der Waals surface area (Å²) in [7, 11) is 0. The molecule has 26 heavy (non-hydrogen) atoms. The van der Waals surface area contributed by atoms with Crippen LogP contribution in [0.4, 0.5) is 13.2 Å². The summed E-state index contributed by atoms with van der Waals surface area (Å²) in [4.78, 5) is 12.8. The summed E-state index contributed by atoms with van der Waals surface area (Å²) in [5, 5.41) is 1.49. The standard InChI is InChI=1S/C19H9F3O4/c20-19(21,22)10-2-4-14-12(6-10)17(23)13-7-11-9(5-16(13)26-14)1-3-15-18(11)25-8-24-15/h1-7H,8H2. The molecule has 0 saturated carbocycles. The van der Waals surface area contributed by atoms with Gasteiger partial charge in [-0.2, -0.15) is 13.2 Å². The number of ether oxygens (including phenoxy) is 2. The van der Waals surface area contributed by atoms with Crippen molar-refractivity contribution in [1.82, 2.24) is 0 Å². The largest absolute Gasteiger partial charge is 0.456 e. The van der Waals surface area contributed by atoms with E-state index >= 15 is 0 Å². The van der Waals surface area contributed by atoms with E-state index in [1.165, 1.54) is 6.07 Å². The van der Waals surface area contributed by atoms with Gasteiger partial charge in [-0.05, 0) is 41.8 Å². The lowest BCUT2D eigenvalue weighted by atomic mass is 10.0. The molecule has 0 N–H and O–H groups in total. The predicted octanol–water partition coefficient (Wildman–Crippen LogP) is 4.85. The van der Waals surface area contributed by atoms with Gasteiger partial charge in [0.05, 0.1) is 16.3 Å². The predicted molar refractivity (Wildman–Crippen MR) is 88.6 cm³/mol. The lowest BCUT2D eigenvalue weighted by Gasteiger charge is -2.09. The Balaban J connectivity index is 1.88. The van der Waals surface area contributed by atoms with Gasteiger partial charge in [-0.25, -0.2) is 0 Å². The molecule has 1 aliphatic rings. The minimum atomic E-state index is -4.54. The minimum absolute atomic E-state index is 0.0771. The number of rotatable bonds is 0. The average molecular weight is 358 g/mol. The van der Waals surface area contributed by atoms with Gasteiger partial charge >= 0.3 is 6.18 Å². The zero-order chi connectivity index (χ0) is 18.1. The second-order valence-corrected chi connectivity index (χ2v) is 6.01. The molecule has 0 atom stereocenters. The van der Waals surface area contributed by atoms with Crippen molar-refractivity contribution in [3.63, 3.8) is 0 Å². The van der Waals surface area contributed by atoms with Crippen molar-refractivity contribution in [1.29, 1.82) is 0 Å². The molecule has 4 aromatic rings. The van der Waals surface area contributed by atoms with Crippen LogP contribution in [0.25, 0.3) is 32.7 Å². The van der Waals surface area contributed by atoms with Gasteiger partial charge in [0, 0.05) is 5.39 Å². The molecular formula is C19H9F3O4. The van der Waals surface area contributed by atoms with Crippen molar-refractivity contribution in [3.05, 3.63) is 58.3 Å². The fourth-order valence-corrected chi connectivity index (χ4v) is 3.22. The molecule has 5 rings (SSSR count). The molecule has 0 saturated heterocycles. The van der Waals surface area contributed by atoms with Crippen LogP contribution in [0.15, 0.2) is 51.7 Å². The first-order chi connectivity index (χ1) is 12.4. The van der Waals surface area contributed by atoms with Crippen LogP contribution in [-0.2, 0) is 6.18 Å². The molecule has 1 aromatic heterocycles. The molecule has 0 fully saturated rings. The van der Waals surface area contributed by atoms with E-state index in [0.29, 0.717) is 22.5 Å². The molecule has 0 unspecified atom stereocenters. The Labute approximate surface area is 143 Å². The van der Waals surface area contributed by atoms with Gasteiger partial charge in [-0.1, -0.05) is 6.07 Å². The van der Waals surface area contributed by atoms with Gasteiger partial charge < -0.3 is 13.9 Å². The highest BCUT2D eigenvalue weighted by molar-refractivity contribution is 6.02. The fourth-order valence-electron chi connectivity index (χ4n) is 3.22. The second-order valence-electron chi connectivity index (χ2n) is 6.01. The average Bonchev–Trinajstić information content (AvgIpc) is 3.08. The van der Waals surface area contributed by atoms with Crippen molar-refractivity contribution >= 4 is 32.7 Å². The van der Waals surface area contributed by atoms with E-state index in [1.54, 1.807) is 24.3 Å². The Morgan fingerprint density at radius 2 is 1.65 bits per heavy atom. The van der Waals surface area contributed by atoms with E-state index in [9.17, 15) is 18.0 Å². The summed E-state index contributed by atoms with van der Waals surface area (Å²) in [6.07, 6.45) is -4.54. The molecule has 2 heterocycles. The van der Waals surface area contributed by atoms with Crippen molar-refractivity contribution in [2.24, 2.45) is 0 Å². The van der Waals surface area contributed by atoms with Crippen LogP contribution in [0.5, 0.6) is 11.5 Å². The summed E-state index contributed by atoms with van der Waals surface area (Å²) in [6, 6.07) is 9.69. The zero-order valence-electron chi connectivity index (χ0n) is 13.0. The molecule has 7 heteroatoms. The van der Waals surface area contributed by atoms with Crippen LogP contribution in [-0.4, -0.2) is 6.79 Å². The van der Waals surface area contributed by atoms with E-state index in [2.05, 4.69) is 0 Å². The zero-order valence-corrected chi connectivity index (χ0v) is 13.0. The number of hydrogen-bond acceptors (Lipinski definition) is 4. The fraction of sp³-hybridized carbons (Fsp3) is 0.105. The Hall–Kier alpha value is -3.22. The maximum atomic E-state index is 13.0. The molecular weight excluding hydrogens is 349 g/mol. The third-order valence-electron chi connectivity index (χ3n) is 4.47. The van der Waals surface area contributed by atoms with E-state index in [-0.39, 0.29) is 23.1 Å². The number of fused-ring (bicyclic) bond motifs is 5. The van der Waals surface area contributed by atoms with Gasteiger partial charge in [-0.3, -0.25) is 4.79 Å². The first kappa shape index (κ1) is 15.1. The number of halogens is 3. The maximum absolute atomic E-state index is 13.0. The molecule has 3 aromatic carbocycles. The van der Waals surface area contributed by atoms with Crippen molar-refractivity contribution in [2.45, 2.75) is 6.18 Å². The van der Waals surface area contributed by atoms with Crippen molar-refractivity contribution in [3.8, 4) is 11.5 Å². The van der Waals surface area contributed by atoms with Gasteiger partial charge in [0.15, 0.2) is 11.5 Å². The molecule has 0 bridgehead atoms.